The molecule has 3 aromatic rings. The number of hydrogen-bond donors (Lipinski definition) is 3. The largest absolute Gasteiger partial charge is 0.351 e. The zero-order chi connectivity index (χ0) is 18.1. The zero-order valence-electron chi connectivity index (χ0n) is 13.4. The number of hydrogen-bond acceptors (Lipinski definition) is 4. The first kappa shape index (κ1) is 16.9. The highest BCUT2D eigenvalue weighted by Gasteiger charge is 2.17. The van der Waals surface area contributed by atoms with Crippen LogP contribution in [-0.2, 0) is 0 Å². The molecule has 0 aliphatic carbocycles. The van der Waals surface area contributed by atoms with Crippen LogP contribution in [0.4, 0.5) is 10.5 Å². The fraction of sp³-hybridized carbons (Fsp3) is 0.118. The molecule has 0 radical (unpaired) electrons. The third-order valence-electron chi connectivity index (χ3n) is 3.65. The minimum atomic E-state index is -0.698. The second-order valence-electron chi connectivity index (χ2n) is 5.57. The Morgan fingerprint density at radius 3 is 2.68 bits per heavy atom. The maximum Gasteiger partial charge on any atom is 0.316 e. The van der Waals surface area contributed by atoms with E-state index in [-0.39, 0.29) is 5.56 Å². The van der Waals surface area contributed by atoms with E-state index < -0.39 is 12.1 Å². The van der Waals surface area contributed by atoms with Crippen molar-refractivity contribution < 1.29 is 4.79 Å². The minimum absolute atomic E-state index is 0.307. The molecule has 0 aliphatic rings. The Labute approximate surface area is 148 Å². The summed E-state index contributed by atoms with van der Waals surface area (Å²) in [6.07, 6.45) is 0. The summed E-state index contributed by atoms with van der Waals surface area (Å²) in [7, 11) is 0. The van der Waals surface area contributed by atoms with Crippen LogP contribution in [0.2, 0.25) is 5.02 Å². The number of nitrogens with zero attached hydrogens (tertiary/aromatic N) is 2. The lowest BCUT2D eigenvalue weighted by molar-refractivity contribution is 0.259. The Morgan fingerprint density at radius 2 is 2.00 bits per heavy atom. The molecule has 1 heterocycles. The number of carbonyl (C=O) groups excluding carboxylic acids is 1. The van der Waals surface area contributed by atoms with Crippen LogP contribution in [0, 0.1) is 0 Å². The minimum Gasteiger partial charge on any atom is -0.351 e. The predicted molar refractivity (Wildman–Crippen MR) is 98.2 cm³/mol. The van der Waals surface area contributed by atoms with E-state index in [1.807, 2.05) is 0 Å². The molecule has 0 fully saturated rings. The Hall–Kier alpha value is -2.90. The van der Waals surface area contributed by atoms with Crippen LogP contribution in [0.5, 0.6) is 0 Å². The fourth-order valence-corrected chi connectivity index (χ4v) is 2.88. The zero-order valence-corrected chi connectivity index (χ0v) is 14.1. The van der Waals surface area contributed by atoms with Gasteiger partial charge in [-0.25, -0.2) is 9.78 Å². The molecule has 2 amide bonds. The van der Waals surface area contributed by atoms with Gasteiger partial charge in [0.15, 0.2) is 0 Å². The molecule has 0 spiro atoms. The number of urea groups is 1. The van der Waals surface area contributed by atoms with Crippen LogP contribution >= 0.6 is 11.6 Å². The Morgan fingerprint density at radius 1 is 1.28 bits per heavy atom. The molecule has 1 aromatic heterocycles. The van der Waals surface area contributed by atoms with Crippen LogP contribution in [-0.4, -0.2) is 15.6 Å². The van der Waals surface area contributed by atoms with Crippen LogP contribution < -0.4 is 22.3 Å². The average Bonchev–Trinajstić information content (AvgIpc) is 2.54. The fourth-order valence-electron chi connectivity index (χ4n) is 2.63. The third-order valence-corrected chi connectivity index (χ3v) is 3.97. The molecule has 7 nitrogen and oxygen atoms in total. The topological polar surface area (TPSA) is 116 Å². The number of fused-ring (bicyclic) bond motifs is 1. The number of aromatic nitrogens is 2. The lowest BCUT2D eigenvalue weighted by Gasteiger charge is -2.17. The van der Waals surface area contributed by atoms with Crippen molar-refractivity contribution >= 4 is 34.2 Å². The molecule has 0 aliphatic heterocycles. The predicted octanol–water partition coefficient (Wildman–Crippen LogP) is 2.55. The Bertz CT molecular complexity index is 1030. The van der Waals surface area contributed by atoms with E-state index in [2.05, 4.69) is 10.3 Å². The van der Waals surface area contributed by atoms with Gasteiger partial charge in [0.2, 0.25) is 0 Å². The molecule has 2 aromatic carbocycles. The van der Waals surface area contributed by atoms with Crippen LogP contribution in [0.25, 0.3) is 16.6 Å². The van der Waals surface area contributed by atoms with E-state index in [4.69, 9.17) is 23.1 Å². The summed E-state index contributed by atoms with van der Waals surface area (Å²) < 4.78 is 1.39. The summed E-state index contributed by atoms with van der Waals surface area (Å²) in [5, 5.41) is 3.10. The summed E-state index contributed by atoms with van der Waals surface area (Å²) in [6, 6.07) is 10.6. The Kier molecular flexibility index (Phi) is 4.43. The normalized spacial score (nSPS) is 12.1. The standard InChI is InChI=1S/C17H16ClN5O2/c1-9(19)15-22-13-7-3-6-12(18)14(13)16(24)23(15)11-5-2-4-10(8-11)21-17(20)25/h2-9H,19H2,1H3,(H3,20,21,25). The van der Waals surface area contributed by atoms with Crippen molar-refractivity contribution in [3.05, 3.63) is 63.7 Å². The Balaban J connectivity index is 2.33. The van der Waals surface area contributed by atoms with Gasteiger partial charge in [-0.15, -0.1) is 0 Å². The lowest BCUT2D eigenvalue weighted by Crippen LogP contribution is -2.28. The van der Waals surface area contributed by atoms with Gasteiger partial charge < -0.3 is 16.8 Å². The van der Waals surface area contributed by atoms with E-state index in [0.29, 0.717) is 33.1 Å². The molecule has 0 saturated heterocycles. The highest BCUT2D eigenvalue weighted by Crippen LogP contribution is 2.23. The number of halogens is 1. The summed E-state index contributed by atoms with van der Waals surface area (Å²) in [6.45, 7) is 1.74. The lowest BCUT2D eigenvalue weighted by atomic mass is 10.2. The first-order valence-electron chi connectivity index (χ1n) is 7.52. The van der Waals surface area contributed by atoms with E-state index >= 15 is 0 Å². The smallest absolute Gasteiger partial charge is 0.316 e. The average molecular weight is 358 g/mol. The second kappa shape index (κ2) is 6.54. The van der Waals surface area contributed by atoms with Crippen molar-refractivity contribution in [3.63, 3.8) is 0 Å². The first-order valence-corrected chi connectivity index (χ1v) is 7.90. The molecule has 8 heteroatoms. The van der Waals surface area contributed by atoms with Gasteiger partial charge in [0.25, 0.3) is 5.56 Å². The van der Waals surface area contributed by atoms with Crippen LogP contribution in [0.3, 0.4) is 0 Å². The van der Waals surface area contributed by atoms with Gasteiger partial charge in [-0.1, -0.05) is 23.7 Å². The van der Waals surface area contributed by atoms with Crippen molar-refractivity contribution in [3.8, 4) is 5.69 Å². The molecular weight excluding hydrogens is 342 g/mol. The summed E-state index contributed by atoms with van der Waals surface area (Å²) in [5.41, 5.74) is 12.3. The van der Waals surface area contributed by atoms with Gasteiger partial charge in [0.1, 0.15) is 5.82 Å². The maximum atomic E-state index is 13.1. The summed E-state index contributed by atoms with van der Waals surface area (Å²) in [5.74, 6) is 0.385. The summed E-state index contributed by atoms with van der Waals surface area (Å²) >= 11 is 6.20. The highest BCUT2D eigenvalue weighted by atomic mass is 35.5. The maximum absolute atomic E-state index is 13.1. The molecule has 1 unspecified atom stereocenters. The van der Waals surface area contributed by atoms with Gasteiger partial charge in [0, 0.05) is 5.69 Å². The monoisotopic (exact) mass is 357 g/mol. The highest BCUT2D eigenvalue weighted by molar-refractivity contribution is 6.35. The van der Waals surface area contributed by atoms with Crippen molar-refractivity contribution in [2.75, 3.05) is 5.32 Å². The number of amides is 2. The molecule has 5 N–H and O–H groups in total. The number of primary amides is 1. The van der Waals surface area contributed by atoms with E-state index in [1.54, 1.807) is 49.4 Å². The molecular formula is C17H16ClN5O2. The molecule has 1 atom stereocenters. The first-order chi connectivity index (χ1) is 11.9. The van der Waals surface area contributed by atoms with Gasteiger partial charge in [-0.05, 0) is 37.3 Å². The quantitative estimate of drug-likeness (QED) is 0.667. The number of anilines is 1. The SMILES string of the molecule is CC(N)c1nc2cccc(Cl)c2c(=O)n1-c1cccc(NC(N)=O)c1. The summed E-state index contributed by atoms with van der Waals surface area (Å²) in [4.78, 5) is 28.7. The molecule has 3 rings (SSSR count). The van der Waals surface area contributed by atoms with Crippen LogP contribution in [0.1, 0.15) is 18.8 Å². The van der Waals surface area contributed by atoms with E-state index in [9.17, 15) is 9.59 Å². The number of nitrogens with one attached hydrogen (secondary N) is 1. The van der Waals surface area contributed by atoms with E-state index in [0.717, 1.165) is 0 Å². The number of benzene rings is 2. The number of nitrogens with two attached hydrogens (primary N) is 2. The molecule has 25 heavy (non-hydrogen) atoms. The van der Waals surface area contributed by atoms with Crippen molar-refractivity contribution in [1.82, 2.24) is 9.55 Å². The molecule has 128 valence electrons. The van der Waals surface area contributed by atoms with Crippen LogP contribution in [0.15, 0.2) is 47.3 Å². The number of carbonyl (C=O) groups is 1. The van der Waals surface area contributed by atoms with Gasteiger partial charge in [-0.3, -0.25) is 9.36 Å². The molecule has 0 saturated carbocycles. The second-order valence-corrected chi connectivity index (χ2v) is 5.98. The van der Waals surface area contributed by atoms with Crippen molar-refractivity contribution in [2.24, 2.45) is 11.5 Å². The van der Waals surface area contributed by atoms with Gasteiger partial charge in [-0.2, -0.15) is 0 Å². The van der Waals surface area contributed by atoms with Gasteiger partial charge in [0.05, 0.1) is 27.7 Å². The van der Waals surface area contributed by atoms with E-state index in [1.165, 1.54) is 4.57 Å². The van der Waals surface area contributed by atoms with Gasteiger partial charge >= 0.3 is 6.03 Å². The number of rotatable bonds is 3. The third kappa shape index (κ3) is 3.19. The molecule has 0 bridgehead atoms. The van der Waals surface area contributed by atoms with Crippen molar-refractivity contribution in [1.29, 1.82) is 0 Å². The van der Waals surface area contributed by atoms with Crippen molar-refractivity contribution in [2.45, 2.75) is 13.0 Å².